The molecule has 1 aliphatic rings. The molecule has 3 amide bonds. The maximum atomic E-state index is 13.3. The molecule has 0 aliphatic carbocycles. The zero-order valence-electron chi connectivity index (χ0n) is 10.8. The van der Waals surface area contributed by atoms with Crippen molar-refractivity contribution in [2.45, 2.75) is 12.8 Å². The topological polar surface area (TPSA) is 61.4 Å². The van der Waals surface area contributed by atoms with Gasteiger partial charge in [0, 0.05) is 19.2 Å². The average molecular weight is 283 g/mol. The second-order valence-electron chi connectivity index (χ2n) is 4.52. The zero-order valence-corrected chi connectivity index (χ0v) is 10.8. The molecule has 1 aromatic carbocycles. The maximum absolute atomic E-state index is 13.3. The lowest BCUT2D eigenvalue weighted by Gasteiger charge is -2.15. The van der Waals surface area contributed by atoms with Crippen molar-refractivity contribution >= 4 is 17.6 Å². The van der Waals surface area contributed by atoms with Crippen LogP contribution in [0.15, 0.2) is 18.2 Å². The van der Waals surface area contributed by atoms with Crippen LogP contribution in [0.2, 0.25) is 0 Å². The third-order valence-corrected chi connectivity index (χ3v) is 3.04. The van der Waals surface area contributed by atoms with E-state index in [4.69, 9.17) is 0 Å². The average Bonchev–Trinajstić information content (AvgIpc) is 2.93. The molecule has 1 saturated heterocycles. The summed E-state index contributed by atoms with van der Waals surface area (Å²) in [4.78, 5) is 24.9. The molecular formula is C13H15F2N3O2. The molecule has 1 heterocycles. The number of hydrogen-bond donors (Lipinski definition) is 2. The molecule has 0 aromatic heterocycles. The van der Waals surface area contributed by atoms with Crippen LogP contribution >= 0.6 is 0 Å². The largest absolute Gasteiger partial charge is 0.341 e. The highest BCUT2D eigenvalue weighted by Crippen LogP contribution is 2.14. The molecule has 7 heteroatoms. The van der Waals surface area contributed by atoms with E-state index in [2.05, 4.69) is 10.6 Å². The van der Waals surface area contributed by atoms with Crippen LogP contribution in [0.4, 0.5) is 19.3 Å². The molecule has 20 heavy (non-hydrogen) atoms. The summed E-state index contributed by atoms with van der Waals surface area (Å²) in [5.74, 6) is -1.76. The van der Waals surface area contributed by atoms with Gasteiger partial charge in [-0.2, -0.15) is 0 Å². The van der Waals surface area contributed by atoms with Crippen molar-refractivity contribution in [1.82, 2.24) is 10.2 Å². The van der Waals surface area contributed by atoms with Crippen molar-refractivity contribution in [3.05, 3.63) is 29.8 Å². The van der Waals surface area contributed by atoms with E-state index in [1.807, 2.05) is 0 Å². The van der Waals surface area contributed by atoms with E-state index in [1.54, 1.807) is 4.90 Å². The quantitative estimate of drug-likeness (QED) is 0.887. The summed E-state index contributed by atoms with van der Waals surface area (Å²) in [7, 11) is 0. The molecule has 108 valence electrons. The van der Waals surface area contributed by atoms with Crippen molar-refractivity contribution in [3.63, 3.8) is 0 Å². The van der Waals surface area contributed by atoms with Gasteiger partial charge < -0.3 is 15.5 Å². The number of carbonyl (C=O) groups excluding carboxylic acids is 2. The van der Waals surface area contributed by atoms with Gasteiger partial charge in [0.25, 0.3) is 0 Å². The van der Waals surface area contributed by atoms with Crippen LogP contribution in [0.25, 0.3) is 0 Å². The fourth-order valence-corrected chi connectivity index (χ4v) is 1.99. The molecule has 2 N–H and O–H groups in total. The zero-order chi connectivity index (χ0) is 14.5. The lowest BCUT2D eigenvalue weighted by molar-refractivity contribution is -0.128. The van der Waals surface area contributed by atoms with Crippen LogP contribution in [0.5, 0.6) is 0 Å². The second kappa shape index (κ2) is 6.31. The van der Waals surface area contributed by atoms with E-state index < -0.39 is 17.7 Å². The molecule has 1 fully saturated rings. The Morgan fingerprint density at radius 3 is 2.55 bits per heavy atom. The van der Waals surface area contributed by atoms with Gasteiger partial charge in [0.05, 0.1) is 12.2 Å². The fourth-order valence-electron chi connectivity index (χ4n) is 1.99. The number of halogens is 2. The Hall–Kier alpha value is -2.18. The molecule has 0 saturated carbocycles. The van der Waals surface area contributed by atoms with E-state index in [1.165, 1.54) is 0 Å². The molecule has 1 aromatic rings. The van der Waals surface area contributed by atoms with Crippen molar-refractivity contribution in [2.24, 2.45) is 0 Å². The molecule has 5 nitrogen and oxygen atoms in total. The van der Waals surface area contributed by atoms with Crippen LogP contribution in [-0.2, 0) is 4.79 Å². The molecule has 0 atom stereocenters. The van der Waals surface area contributed by atoms with Gasteiger partial charge in [0.15, 0.2) is 0 Å². The molecule has 2 rings (SSSR count). The molecule has 0 unspecified atom stereocenters. The van der Waals surface area contributed by atoms with Crippen molar-refractivity contribution in [1.29, 1.82) is 0 Å². The minimum Gasteiger partial charge on any atom is -0.341 e. The predicted octanol–water partition coefficient (Wildman–Crippen LogP) is 1.71. The van der Waals surface area contributed by atoms with Crippen LogP contribution in [0.3, 0.4) is 0 Å². The van der Waals surface area contributed by atoms with Crippen LogP contribution in [0, 0.1) is 11.6 Å². The minimum atomic E-state index is -0.869. The Bertz CT molecular complexity index is 516. The Labute approximate surface area is 114 Å². The highest BCUT2D eigenvalue weighted by molar-refractivity contribution is 5.92. The van der Waals surface area contributed by atoms with Crippen molar-refractivity contribution in [2.75, 3.05) is 25.0 Å². The number of rotatable bonds is 3. The van der Waals surface area contributed by atoms with Gasteiger partial charge in [-0.25, -0.2) is 13.6 Å². The highest BCUT2D eigenvalue weighted by Gasteiger charge is 2.18. The summed E-state index contributed by atoms with van der Waals surface area (Å²) in [5.41, 5.74) is -0.141. The minimum absolute atomic E-state index is 0.141. The van der Waals surface area contributed by atoms with Crippen LogP contribution in [-0.4, -0.2) is 36.5 Å². The maximum Gasteiger partial charge on any atom is 0.319 e. The number of nitrogens with one attached hydrogen (secondary N) is 2. The monoisotopic (exact) mass is 283 g/mol. The van der Waals surface area contributed by atoms with Crippen molar-refractivity contribution < 1.29 is 18.4 Å². The summed E-state index contributed by atoms with van der Waals surface area (Å²) in [6.45, 7) is 1.26. The number of amides is 3. The number of hydrogen-bond acceptors (Lipinski definition) is 2. The van der Waals surface area contributed by atoms with E-state index in [-0.39, 0.29) is 18.1 Å². The third-order valence-electron chi connectivity index (χ3n) is 3.04. The van der Waals surface area contributed by atoms with E-state index >= 15 is 0 Å². The summed E-state index contributed by atoms with van der Waals surface area (Å²) in [6, 6.07) is 2.12. The Morgan fingerprint density at radius 2 is 1.90 bits per heavy atom. The number of carbonyl (C=O) groups is 2. The Balaban J connectivity index is 1.81. The van der Waals surface area contributed by atoms with Crippen LogP contribution in [0.1, 0.15) is 12.8 Å². The number of benzene rings is 1. The summed E-state index contributed by atoms with van der Waals surface area (Å²) < 4.78 is 26.0. The molecule has 0 bridgehead atoms. The van der Waals surface area contributed by atoms with Gasteiger partial charge >= 0.3 is 6.03 Å². The van der Waals surface area contributed by atoms with Gasteiger partial charge in [0.2, 0.25) is 5.91 Å². The second-order valence-corrected chi connectivity index (χ2v) is 4.52. The summed E-state index contributed by atoms with van der Waals surface area (Å²) in [6.07, 6.45) is 1.94. The summed E-state index contributed by atoms with van der Waals surface area (Å²) >= 11 is 0. The SMILES string of the molecule is O=C(NCC(=O)N1CCCC1)Nc1ccc(F)cc1F. The third kappa shape index (κ3) is 3.66. The first-order valence-corrected chi connectivity index (χ1v) is 6.34. The van der Waals surface area contributed by atoms with E-state index in [9.17, 15) is 18.4 Å². The van der Waals surface area contributed by atoms with Crippen LogP contribution < -0.4 is 10.6 Å². The molecule has 0 radical (unpaired) electrons. The van der Waals surface area contributed by atoms with Gasteiger partial charge in [-0.1, -0.05) is 0 Å². The van der Waals surface area contributed by atoms with E-state index in [0.29, 0.717) is 19.2 Å². The van der Waals surface area contributed by atoms with Gasteiger partial charge in [-0.15, -0.1) is 0 Å². The van der Waals surface area contributed by atoms with E-state index in [0.717, 1.165) is 25.0 Å². The normalized spacial score (nSPS) is 14.2. The first kappa shape index (κ1) is 14.2. The number of anilines is 1. The molecular weight excluding hydrogens is 268 g/mol. The molecule has 0 spiro atoms. The van der Waals surface area contributed by atoms with Crippen molar-refractivity contribution in [3.8, 4) is 0 Å². The number of likely N-dealkylation sites (tertiary alicyclic amines) is 1. The first-order chi connectivity index (χ1) is 9.56. The van der Waals surface area contributed by atoms with Gasteiger partial charge in [-0.3, -0.25) is 4.79 Å². The smallest absolute Gasteiger partial charge is 0.319 e. The summed E-state index contributed by atoms with van der Waals surface area (Å²) in [5, 5.41) is 4.57. The standard InChI is InChI=1S/C13H15F2N3O2/c14-9-3-4-11(10(15)7-9)17-13(20)16-8-12(19)18-5-1-2-6-18/h3-4,7H,1-2,5-6,8H2,(H2,16,17,20). The lowest BCUT2D eigenvalue weighted by atomic mass is 10.3. The van der Waals surface area contributed by atoms with Gasteiger partial charge in [0.1, 0.15) is 11.6 Å². The fraction of sp³-hybridized carbons (Fsp3) is 0.385. The Kier molecular flexibility index (Phi) is 4.49. The lowest BCUT2D eigenvalue weighted by Crippen LogP contribution is -2.40. The van der Waals surface area contributed by atoms with Gasteiger partial charge in [-0.05, 0) is 25.0 Å². The highest BCUT2D eigenvalue weighted by atomic mass is 19.1. The predicted molar refractivity (Wildman–Crippen MR) is 69.2 cm³/mol. The number of nitrogens with zero attached hydrogens (tertiary/aromatic N) is 1. The first-order valence-electron chi connectivity index (χ1n) is 6.34. The Morgan fingerprint density at radius 1 is 1.20 bits per heavy atom. The number of urea groups is 1. The molecule has 1 aliphatic heterocycles.